The third-order valence-corrected chi connectivity index (χ3v) is 9.99. The van der Waals surface area contributed by atoms with Crippen molar-refractivity contribution in [2.24, 2.45) is 0 Å². The SMILES string of the molecule is CCOC(=O)N1CCN(C(=O)[C@H](CCC(=O)OCCOC(C)C)NC(=O)c2cc(OCC(=O)N3CCC[C@H]3C(=O)NC3CCC3)c3ccc(C)cc3n2)CC1. The van der Waals surface area contributed by atoms with Crippen molar-refractivity contribution in [3.05, 3.63) is 35.5 Å². The summed E-state index contributed by atoms with van der Waals surface area (Å²) in [6.07, 6.45) is 3.58. The van der Waals surface area contributed by atoms with E-state index in [0.717, 1.165) is 24.8 Å². The van der Waals surface area contributed by atoms with Crippen LogP contribution in [0.15, 0.2) is 24.3 Å². The van der Waals surface area contributed by atoms with Crippen LogP contribution in [0.25, 0.3) is 10.9 Å². The fraction of sp³-hybridized carbons (Fsp3) is 0.615. The number of ether oxygens (including phenoxy) is 4. The van der Waals surface area contributed by atoms with Crippen LogP contribution in [-0.4, -0.2) is 139 Å². The lowest BCUT2D eigenvalue weighted by Gasteiger charge is -2.36. The number of nitrogens with one attached hydrogen (secondary N) is 2. The van der Waals surface area contributed by atoms with Gasteiger partial charge in [0.25, 0.3) is 11.8 Å². The number of piperazine rings is 1. The number of fused-ring (bicyclic) bond motifs is 1. The molecule has 5 rings (SSSR count). The first-order valence-corrected chi connectivity index (χ1v) is 19.4. The van der Waals surface area contributed by atoms with Gasteiger partial charge in [0.1, 0.15) is 30.1 Å². The van der Waals surface area contributed by atoms with Crippen LogP contribution in [0.3, 0.4) is 0 Å². The molecule has 0 unspecified atom stereocenters. The summed E-state index contributed by atoms with van der Waals surface area (Å²) >= 11 is 0. The Hall–Kier alpha value is -4.99. The lowest BCUT2D eigenvalue weighted by atomic mass is 9.93. The van der Waals surface area contributed by atoms with Crippen molar-refractivity contribution in [2.75, 3.05) is 59.2 Å². The maximum atomic E-state index is 13.9. The van der Waals surface area contributed by atoms with E-state index in [2.05, 4.69) is 15.6 Å². The van der Waals surface area contributed by atoms with E-state index in [-0.39, 0.29) is 101 Å². The first-order chi connectivity index (χ1) is 26.4. The molecular weight excluding hydrogens is 712 g/mol. The molecule has 16 heteroatoms. The van der Waals surface area contributed by atoms with Gasteiger partial charge in [-0.25, -0.2) is 9.78 Å². The minimum Gasteiger partial charge on any atom is -0.483 e. The summed E-state index contributed by atoms with van der Waals surface area (Å²) in [6, 6.07) is 5.36. The molecule has 2 aromatic rings. The molecule has 2 N–H and O–H groups in total. The number of benzene rings is 1. The van der Waals surface area contributed by atoms with E-state index >= 15 is 0 Å². The summed E-state index contributed by atoms with van der Waals surface area (Å²) < 4.78 is 21.9. The van der Waals surface area contributed by atoms with Crippen molar-refractivity contribution in [2.45, 2.75) is 96.9 Å². The first-order valence-electron chi connectivity index (χ1n) is 19.4. The summed E-state index contributed by atoms with van der Waals surface area (Å²) in [5, 5.41) is 6.40. The topological polar surface area (TPSA) is 186 Å². The molecule has 1 aromatic heterocycles. The maximum absolute atomic E-state index is 13.9. The summed E-state index contributed by atoms with van der Waals surface area (Å²) in [4.78, 5) is 88.2. The predicted molar refractivity (Wildman–Crippen MR) is 200 cm³/mol. The highest BCUT2D eigenvalue weighted by molar-refractivity contribution is 5.99. The van der Waals surface area contributed by atoms with E-state index in [9.17, 15) is 28.8 Å². The van der Waals surface area contributed by atoms with Crippen LogP contribution in [0.5, 0.6) is 5.75 Å². The largest absolute Gasteiger partial charge is 0.483 e. The molecule has 3 fully saturated rings. The maximum Gasteiger partial charge on any atom is 0.409 e. The Balaban J connectivity index is 1.29. The second kappa shape index (κ2) is 19.6. The van der Waals surface area contributed by atoms with E-state index in [4.69, 9.17) is 18.9 Å². The molecule has 1 aliphatic carbocycles. The zero-order valence-electron chi connectivity index (χ0n) is 32.3. The minimum atomic E-state index is -1.12. The van der Waals surface area contributed by atoms with Gasteiger partial charge in [0.2, 0.25) is 11.8 Å². The van der Waals surface area contributed by atoms with Gasteiger partial charge >= 0.3 is 12.1 Å². The monoisotopic (exact) mass is 766 g/mol. The second-order valence-corrected chi connectivity index (χ2v) is 14.4. The zero-order valence-corrected chi connectivity index (χ0v) is 32.3. The highest BCUT2D eigenvalue weighted by Gasteiger charge is 2.36. The number of aryl methyl sites for hydroxylation is 1. The number of pyridine rings is 1. The van der Waals surface area contributed by atoms with Crippen LogP contribution in [0.4, 0.5) is 4.79 Å². The van der Waals surface area contributed by atoms with Crippen molar-refractivity contribution in [1.29, 1.82) is 0 Å². The molecule has 16 nitrogen and oxygen atoms in total. The summed E-state index contributed by atoms with van der Waals surface area (Å²) in [6.45, 7) is 8.85. The molecule has 0 spiro atoms. The van der Waals surface area contributed by atoms with E-state index in [1.165, 1.54) is 15.9 Å². The van der Waals surface area contributed by atoms with Crippen LogP contribution < -0.4 is 15.4 Å². The van der Waals surface area contributed by atoms with Crippen LogP contribution in [0, 0.1) is 6.92 Å². The predicted octanol–water partition coefficient (Wildman–Crippen LogP) is 2.73. The normalized spacial score (nSPS) is 17.8. The fourth-order valence-corrected chi connectivity index (χ4v) is 6.76. The number of hydrogen-bond donors (Lipinski definition) is 2. The molecule has 0 radical (unpaired) electrons. The highest BCUT2D eigenvalue weighted by atomic mass is 16.6. The lowest BCUT2D eigenvalue weighted by Crippen LogP contribution is -2.56. The Morgan fingerprint density at radius 1 is 0.909 bits per heavy atom. The van der Waals surface area contributed by atoms with Gasteiger partial charge < -0.3 is 44.3 Å². The molecule has 0 bridgehead atoms. The molecule has 3 aliphatic rings. The van der Waals surface area contributed by atoms with Gasteiger partial charge in [-0.05, 0) is 83.9 Å². The number of amides is 5. The first kappa shape index (κ1) is 41.2. The van der Waals surface area contributed by atoms with Gasteiger partial charge in [-0.1, -0.05) is 6.07 Å². The Bertz CT molecular complexity index is 1710. The van der Waals surface area contributed by atoms with Crippen molar-refractivity contribution >= 4 is 46.6 Å². The standard InChI is InChI=1S/C39H54N6O10/c1-5-52-39(51)44-18-16-43(17-19-44)38(50)29(13-14-35(47)54-21-20-53-25(2)3)42-36(48)31-23-33(28-12-11-26(4)22-30(28)41-31)55-24-34(46)45-15-7-10-32(45)37(49)40-27-8-6-9-27/h11-12,22-23,25,27,29,32H,5-10,13-21,24H2,1-4H3,(H,40,49)(H,42,48)/t29-,32-/m0/s1. The van der Waals surface area contributed by atoms with Gasteiger partial charge in [-0.3, -0.25) is 24.0 Å². The number of rotatable bonds is 16. The molecule has 3 heterocycles. The summed E-state index contributed by atoms with van der Waals surface area (Å²) in [5.41, 5.74) is 1.27. The molecule has 55 heavy (non-hydrogen) atoms. The van der Waals surface area contributed by atoms with E-state index < -0.39 is 36.0 Å². The molecule has 2 saturated heterocycles. The van der Waals surface area contributed by atoms with Crippen molar-refractivity contribution in [1.82, 2.24) is 30.3 Å². The quantitative estimate of drug-likeness (QED) is 0.189. The van der Waals surface area contributed by atoms with E-state index in [1.54, 1.807) is 24.0 Å². The second-order valence-electron chi connectivity index (χ2n) is 14.4. The summed E-state index contributed by atoms with van der Waals surface area (Å²) in [5.74, 6) is -1.90. The third kappa shape index (κ3) is 11.3. The van der Waals surface area contributed by atoms with Crippen LogP contribution in [0.2, 0.25) is 0 Å². The lowest BCUT2D eigenvalue weighted by molar-refractivity contribution is -0.146. The average molecular weight is 767 g/mol. The Kier molecular flexibility index (Phi) is 14.6. The minimum absolute atomic E-state index is 0.0220. The molecule has 300 valence electrons. The van der Waals surface area contributed by atoms with E-state index in [1.807, 2.05) is 26.8 Å². The average Bonchev–Trinajstić information content (AvgIpc) is 3.65. The number of esters is 1. The number of likely N-dealkylation sites (tertiary alicyclic amines) is 1. The van der Waals surface area contributed by atoms with E-state index in [0.29, 0.717) is 30.3 Å². The van der Waals surface area contributed by atoms with Gasteiger partial charge in [0.15, 0.2) is 6.61 Å². The summed E-state index contributed by atoms with van der Waals surface area (Å²) in [7, 11) is 0. The van der Waals surface area contributed by atoms with Crippen molar-refractivity contribution < 1.29 is 47.7 Å². The van der Waals surface area contributed by atoms with Crippen LogP contribution >= 0.6 is 0 Å². The fourth-order valence-electron chi connectivity index (χ4n) is 6.76. The third-order valence-electron chi connectivity index (χ3n) is 9.99. The molecule has 2 atom stereocenters. The Morgan fingerprint density at radius 2 is 1.65 bits per heavy atom. The number of hydrogen-bond acceptors (Lipinski definition) is 11. The van der Waals surface area contributed by atoms with Gasteiger partial charge in [-0.15, -0.1) is 0 Å². The van der Waals surface area contributed by atoms with Gasteiger partial charge in [0.05, 0.1) is 24.8 Å². The molecule has 2 aliphatic heterocycles. The van der Waals surface area contributed by atoms with Gasteiger partial charge in [-0.2, -0.15) is 0 Å². The number of nitrogens with zero attached hydrogens (tertiary/aromatic N) is 4. The van der Waals surface area contributed by atoms with Crippen molar-refractivity contribution in [3.63, 3.8) is 0 Å². The van der Waals surface area contributed by atoms with Gasteiger partial charge in [0, 0.05) is 56.6 Å². The smallest absolute Gasteiger partial charge is 0.409 e. The molecule has 1 aromatic carbocycles. The Labute approximate surface area is 321 Å². The van der Waals surface area contributed by atoms with Crippen LogP contribution in [-0.2, 0) is 33.4 Å². The number of aromatic nitrogens is 1. The molecule has 1 saturated carbocycles. The van der Waals surface area contributed by atoms with Crippen molar-refractivity contribution in [3.8, 4) is 5.75 Å². The highest BCUT2D eigenvalue weighted by Crippen LogP contribution is 2.28. The zero-order chi connectivity index (χ0) is 39.5. The number of carbonyl (C=O) groups excluding carboxylic acids is 6. The Morgan fingerprint density at radius 3 is 2.35 bits per heavy atom. The van der Waals surface area contributed by atoms with Crippen LogP contribution in [0.1, 0.15) is 81.8 Å². The number of carbonyl (C=O) groups is 6. The molecule has 5 amide bonds. The molecular formula is C39H54N6O10.